The monoisotopic (exact) mass is 383 g/mol. The van der Waals surface area contributed by atoms with E-state index < -0.39 is 15.6 Å². The van der Waals surface area contributed by atoms with E-state index in [0.29, 0.717) is 25.3 Å². The normalized spacial score (nSPS) is 16.4. The minimum atomic E-state index is -3.28. The van der Waals surface area contributed by atoms with Gasteiger partial charge in [-0.3, -0.25) is 9.62 Å². The van der Waals surface area contributed by atoms with Gasteiger partial charge in [0.1, 0.15) is 5.60 Å². The highest BCUT2D eigenvalue weighted by atomic mass is 32.2. The second-order valence-corrected chi connectivity index (χ2v) is 9.46. The highest BCUT2D eigenvalue weighted by Crippen LogP contribution is 2.16. The first-order chi connectivity index (χ1) is 12.1. The molecule has 1 amide bonds. The Hall–Kier alpha value is -1.80. The highest BCUT2D eigenvalue weighted by Gasteiger charge is 2.25. The van der Waals surface area contributed by atoms with E-state index in [4.69, 9.17) is 4.74 Å². The molecule has 2 rings (SSSR count). The van der Waals surface area contributed by atoms with Crippen LogP contribution >= 0.6 is 0 Å². The fourth-order valence-corrected chi connectivity index (χ4v) is 3.29. The molecule has 8 heteroatoms. The number of anilines is 1. The van der Waals surface area contributed by atoms with Gasteiger partial charge in [0, 0.05) is 38.4 Å². The number of rotatable bonds is 5. The van der Waals surface area contributed by atoms with Crippen LogP contribution in [0.5, 0.6) is 0 Å². The van der Waals surface area contributed by atoms with Crippen molar-refractivity contribution in [1.82, 2.24) is 9.80 Å². The summed E-state index contributed by atoms with van der Waals surface area (Å²) in [6.07, 6.45) is -0.270. The average Bonchev–Trinajstić information content (AvgIpc) is 2.54. The van der Waals surface area contributed by atoms with E-state index in [0.717, 1.165) is 18.7 Å². The minimum Gasteiger partial charge on any atom is -0.444 e. The van der Waals surface area contributed by atoms with Gasteiger partial charge in [-0.1, -0.05) is 12.1 Å². The van der Waals surface area contributed by atoms with Gasteiger partial charge in [-0.05, 0) is 45.4 Å². The fourth-order valence-electron chi connectivity index (χ4n) is 2.66. The van der Waals surface area contributed by atoms with Crippen molar-refractivity contribution < 1.29 is 17.9 Å². The zero-order chi connectivity index (χ0) is 19.4. The molecule has 1 heterocycles. The summed E-state index contributed by atoms with van der Waals surface area (Å²) in [7, 11) is -3.28. The van der Waals surface area contributed by atoms with Crippen molar-refractivity contribution in [2.24, 2.45) is 0 Å². The number of nitrogens with zero attached hydrogens (tertiary/aromatic N) is 2. The molecule has 1 saturated heterocycles. The van der Waals surface area contributed by atoms with Gasteiger partial charge in [-0.15, -0.1) is 0 Å². The van der Waals surface area contributed by atoms with Gasteiger partial charge in [0.15, 0.2) is 0 Å². The van der Waals surface area contributed by atoms with Gasteiger partial charge in [0.2, 0.25) is 10.0 Å². The molecule has 1 N–H and O–H groups in total. The second kappa shape index (κ2) is 8.26. The maximum Gasteiger partial charge on any atom is 0.410 e. The van der Waals surface area contributed by atoms with Gasteiger partial charge < -0.3 is 9.64 Å². The number of carbonyl (C=O) groups excluding carboxylic acids is 1. The van der Waals surface area contributed by atoms with E-state index in [9.17, 15) is 13.2 Å². The molecule has 1 aromatic rings. The molecule has 0 radical (unpaired) electrons. The Bertz CT molecular complexity index is 720. The number of amides is 1. The van der Waals surface area contributed by atoms with Crippen molar-refractivity contribution >= 4 is 21.8 Å². The van der Waals surface area contributed by atoms with Gasteiger partial charge in [-0.25, -0.2) is 13.2 Å². The Morgan fingerprint density at radius 3 is 2.42 bits per heavy atom. The summed E-state index contributed by atoms with van der Waals surface area (Å²) in [5.74, 6) is 0.0455. The molecule has 1 aromatic carbocycles. The van der Waals surface area contributed by atoms with Gasteiger partial charge in [0.05, 0.1) is 5.75 Å². The van der Waals surface area contributed by atoms with Gasteiger partial charge >= 0.3 is 6.09 Å². The predicted octanol–water partition coefficient (Wildman–Crippen LogP) is 2.50. The van der Waals surface area contributed by atoms with Crippen LogP contribution in [0.3, 0.4) is 0 Å². The first kappa shape index (κ1) is 20.5. The number of benzene rings is 1. The third-order valence-corrected chi connectivity index (χ3v) is 5.32. The molecule has 0 aliphatic carbocycles. The van der Waals surface area contributed by atoms with Crippen LogP contribution in [0.15, 0.2) is 24.3 Å². The molecule has 0 saturated carbocycles. The quantitative estimate of drug-likeness (QED) is 0.845. The predicted molar refractivity (Wildman–Crippen MR) is 103 cm³/mol. The Morgan fingerprint density at radius 2 is 1.85 bits per heavy atom. The highest BCUT2D eigenvalue weighted by molar-refractivity contribution is 7.92. The zero-order valence-corrected chi connectivity index (χ0v) is 16.8. The molecule has 1 aliphatic rings. The average molecular weight is 384 g/mol. The standard InChI is InChI=1S/C18H29N3O4S/c1-5-26(23,24)19-16-8-6-7-15(13-16)14-20-9-11-21(12-10-20)17(22)25-18(2,3)4/h6-8,13,19H,5,9-12,14H2,1-4H3. The summed E-state index contributed by atoms with van der Waals surface area (Å²) in [6, 6.07) is 7.42. The largest absolute Gasteiger partial charge is 0.444 e. The third-order valence-electron chi connectivity index (χ3n) is 4.01. The third kappa shape index (κ3) is 6.49. The number of hydrogen-bond acceptors (Lipinski definition) is 5. The second-order valence-electron chi connectivity index (χ2n) is 7.45. The van der Waals surface area contributed by atoms with Gasteiger partial charge in [-0.2, -0.15) is 0 Å². The number of nitrogens with one attached hydrogen (secondary N) is 1. The Balaban J connectivity index is 1.89. The lowest BCUT2D eigenvalue weighted by atomic mass is 10.2. The van der Waals surface area contributed by atoms with Crippen molar-refractivity contribution in [2.45, 2.75) is 39.8 Å². The fraction of sp³-hybridized carbons (Fsp3) is 0.611. The first-order valence-corrected chi connectivity index (χ1v) is 10.5. The Labute approximate surface area is 156 Å². The maximum absolute atomic E-state index is 12.1. The molecule has 7 nitrogen and oxygen atoms in total. The van der Waals surface area contributed by atoms with Crippen LogP contribution in [0, 0.1) is 0 Å². The molecule has 0 spiro atoms. The van der Waals surface area contributed by atoms with Crippen LogP contribution in [-0.4, -0.2) is 61.8 Å². The summed E-state index contributed by atoms with van der Waals surface area (Å²) in [5, 5.41) is 0. The van der Waals surface area contributed by atoms with Crippen molar-refractivity contribution in [3.63, 3.8) is 0 Å². The van der Waals surface area contributed by atoms with E-state index in [-0.39, 0.29) is 11.8 Å². The van der Waals surface area contributed by atoms with E-state index in [1.54, 1.807) is 17.9 Å². The molecule has 0 unspecified atom stereocenters. The summed E-state index contributed by atoms with van der Waals surface area (Å²) < 4.78 is 31.4. The molecule has 0 bridgehead atoms. The van der Waals surface area contributed by atoms with Crippen molar-refractivity contribution in [2.75, 3.05) is 36.7 Å². The number of carbonyl (C=O) groups is 1. The number of hydrogen-bond donors (Lipinski definition) is 1. The van der Waals surface area contributed by atoms with Crippen LogP contribution in [-0.2, 0) is 21.3 Å². The molecule has 146 valence electrons. The molecule has 0 atom stereocenters. The topological polar surface area (TPSA) is 79.0 Å². The van der Waals surface area contributed by atoms with Crippen LogP contribution < -0.4 is 4.72 Å². The number of ether oxygens (including phenoxy) is 1. The zero-order valence-electron chi connectivity index (χ0n) is 16.0. The summed E-state index contributed by atoms with van der Waals surface area (Å²) >= 11 is 0. The lowest BCUT2D eigenvalue weighted by Crippen LogP contribution is -2.49. The Kier molecular flexibility index (Phi) is 6.52. The molecular weight excluding hydrogens is 354 g/mol. The Morgan fingerprint density at radius 1 is 1.19 bits per heavy atom. The lowest BCUT2D eigenvalue weighted by molar-refractivity contribution is 0.0139. The van der Waals surface area contributed by atoms with Crippen molar-refractivity contribution in [3.8, 4) is 0 Å². The van der Waals surface area contributed by atoms with E-state index >= 15 is 0 Å². The van der Waals surface area contributed by atoms with Crippen LogP contribution in [0.1, 0.15) is 33.3 Å². The number of piperazine rings is 1. The van der Waals surface area contributed by atoms with Crippen molar-refractivity contribution in [1.29, 1.82) is 0 Å². The van der Waals surface area contributed by atoms with Crippen LogP contribution in [0.4, 0.5) is 10.5 Å². The minimum absolute atomic E-state index is 0.0455. The van der Waals surface area contributed by atoms with E-state index in [1.807, 2.05) is 39.0 Å². The van der Waals surface area contributed by atoms with Crippen LogP contribution in [0.2, 0.25) is 0 Å². The molecule has 1 fully saturated rings. The van der Waals surface area contributed by atoms with Crippen molar-refractivity contribution in [3.05, 3.63) is 29.8 Å². The van der Waals surface area contributed by atoms with E-state index in [2.05, 4.69) is 9.62 Å². The molecular formula is C18H29N3O4S. The first-order valence-electron chi connectivity index (χ1n) is 8.88. The van der Waals surface area contributed by atoms with Crippen LogP contribution in [0.25, 0.3) is 0 Å². The smallest absolute Gasteiger partial charge is 0.410 e. The van der Waals surface area contributed by atoms with E-state index in [1.165, 1.54) is 0 Å². The molecule has 26 heavy (non-hydrogen) atoms. The molecule has 1 aliphatic heterocycles. The molecule has 0 aromatic heterocycles. The van der Waals surface area contributed by atoms with Gasteiger partial charge in [0.25, 0.3) is 0 Å². The SMILES string of the molecule is CCS(=O)(=O)Nc1cccc(CN2CCN(C(=O)OC(C)(C)C)CC2)c1. The number of sulfonamides is 1. The summed E-state index contributed by atoms with van der Waals surface area (Å²) in [6.45, 7) is 10.7. The maximum atomic E-state index is 12.1. The summed E-state index contributed by atoms with van der Waals surface area (Å²) in [4.78, 5) is 16.1. The summed E-state index contributed by atoms with van der Waals surface area (Å²) in [5.41, 5.74) is 1.13. The lowest BCUT2D eigenvalue weighted by Gasteiger charge is -2.35.